The Morgan fingerprint density at radius 2 is 2.18 bits per heavy atom. The van der Waals surface area contributed by atoms with Crippen LogP contribution in [0.4, 0.5) is 15.8 Å². The molecule has 3 N–H and O–H groups in total. The summed E-state index contributed by atoms with van der Waals surface area (Å²) in [4.78, 5) is 11.3. The molecule has 6 heteroatoms. The van der Waals surface area contributed by atoms with E-state index >= 15 is 0 Å². The van der Waals surface area contributed by atoms with Gasteiger partial charge in [-0.15, -0.1) is 0 Å². The Balaban J connectivity index is 2.93. The summed E-state index contributed by atoms with van der Waals surface area (Å²) in [5.74, 6) is -1.44. The van der Waals surface area contributed by atoms with Crippen molar-refractivity contribution in [2.45, 2.75) is 0 Å². The average Bonchev–Trinajstić information content (AvgIpc) is 2.31. The fourth-order valence-corrected chi connectivity index (χ4v) is 1.30. The summed E-state index contributed by atoms with van der Waals surface area (Å²) >= 11 is 0. The molecule has 0 atom stereocenters. The van der Waals surface area contributed by atoms with E-state index < -0.39 is 11.8 Å². The van der Waals surface area contributed by atoms with E-state index in [0.29, 0.717) is 18.8 Å². The van der Waals surface area contributed by atoms with Crippen LogP contribution in [0.5, 0.6) is 0 Å². The maximum absolute atomic E-state index is 13.4. The lowest BCUT2D eigenvalue weighted by Gasteiger charge is -2.11. The molecule has 0 bridgehead atoms. The van der Waals surface area contributed by atoms with Gasteiger partial charge in [0, 0.05) is 13.7 Å². The molecule has 0 aliphatic carbocycles. The number of anilines is 2. The zero-order valence-corrected chi connectivity index (χ0v) is 9.75. The third kappa shape index (κ3) is 3.32. The number of rotatable bonds is 5. The highest BCUT2D eigenvalue weighted by Crippen LogP contribution is 2.23. The quantitative estimate of drug-likeness (QED) is 0.462. The molecule has 17 heavy (non-hydrogen) atoms. The van der Waals surface area contributed by atoms with Gasteiger partial charge in [-0.2, -0.15) is 0 Å². The Kier molecular flexibility index (Phi) is 4.71. The first-order valence-electron chi connectivity index (χ1n) is 5.00. The highest BCUT2D eigenvalue weighted by molar-refractivity contribution is 5.92. The van der Waals surface area contributed by atoms with Crippen LogP contribution in [0.15, 0.2) is 12.1 Å². The number of benzene rings is 1. The molecule has 0 aliphatic rings. The Hall–Kier alpha value is -1.82. The molecule has 0 saturated heterocycles. The van der Waals surface area contributed by atoms with Gasteiger partial charge in [0.1, 0.15) is 5.82 Å². The predicted octanol–water partition coefficient (Wildman–Crippen LogP) is 1.25. The van der Waals surface area contributed by atoms with Crippen LogP contribution in [-0.4, -0.2) is 33.3 Å². The van der Waals surface area contributed by atoms with Crippen molar-refractivity contribution in [1.82, 2.24) is 0 Å². The number of hydrogen-bond donors (Lipinski definition) is 2. The fraction of sp³-hybridized carbons (Fsp3) is 0.364. The molecule has 0 aliphatic heterocycles. The van der Waals surface area contributed by atoms with E-state index in [1.165, 1.54) is 13.2 Å². The van der Waals surface area contributed by atoms with Crippen LogP contribution >= 0.6 is 0 Å². The maximum atomic E-state index is 13.4. The highest BCUT2D eigenvalue weighted by Gasteiger charge is 2.14. The van der Waals surface area contributed by atoms with E-state index in [2.05, 4.69) is 10.1 Å². The normalized spacial score (nSPS) is 10.1. The van der Waals surface area contributed by atoms with Gasteiger partial charge in [-0.25, -0.2) is 9.18 Å². The lowest BCUT2D eigenvalue weighted by Crippen LogP contribution is -2.12. The topological polar surface area (TPSA) is 73.6 Å². The number of esters is 1. The third-order valence-corrected chi connectivity index (χ3v) is 2.17. The molecule has 0 unspecified atom stereocenters. The van der Waals surface area contributed by atoms with Crippen molar-refractivity contribution in [3.63, 3.8) is 0 Å². The predicted molar refractivity (Wildman–Crippen MR) is 62.5 cm³/mol. The summed E-state index contributed by atoms with van der Waals surface area (Å²) in [5, 5.41) is 2.94. The summed E-state index contributed by atoms with van der Waals surface area (Å²) in [6, 6.07) is 2.41. The molecule has 5 nitrogen and oxygen atoms in total. The van der Waals surface area contributed by atoms with Crippen molar-refractivity contribution < 1.29 is 18.7 Å². The molecule has 1 aromatic rings. The Morgan fingerprint density at radius 1 is 1.47 bits per heavy atom. The lowest BCUT2D eigenvalue weighted by molar-refractivity contribution is 0.0595. The van der Waals surface area contributed by atoms with E-state index in [-0.39, 0.29) is 11.3 Å². The number of carbonyl (C=O) groups excluding carboxylic acids is 1. The fourth-order valence-electron chi connectivity index (χ4n) is 1.30. The number of nitrogens with two attached hydrogens (primary N) is 1. The first-order valence-corrected chi connectivity index (χ1v) is 5.00. The maximum Gasteiger partial charge on any atom is 0.340 e. The van der Waals surface area contributed by atoms with E-state index in [0.717, 1.165) is 6.07 Å². The molecule has 1 rings (SSSR count). The summed E-state index contributed by atoms with van der Waals surface area (Å²) < 4.78 is 22.7. The van der Waals surface area contributed by atoms with Gasteiger partial charge in [0.25, 0.3) is 0 Å². The van der Waals surface area contributed by atoms with Crippen LogP contribution in [-0.2, 0) is 9.47 Å². The van der Waals surface area contributed by atoms with E-state index in [9.17, 15) is 9.18 Å². The number of hydrogen-bond acceptors (Lipinski definition) is 5. The van der Waals surface area contributed by atoms with Gasteiger partial charge in [-0.1, -0.05) is 0 Å². The van der Waals surface area contributed by atoms with Crippen LogP contribution in [0.2, 0.25) is 0 Å². The smallest absolute Gasteiger partial charge is 0.340 e. The minimum absolute atomic E-state index is 0.151. The number of halogens is 1. The van der Waals surface area contributed by atoms with Gasteiger partial charge in [-0.3, -0.25) is 0 Å². The summed E-state index contributed by atoms with van der Waals surface area (Å²) in [6.45, 7) is 0.983. The number of ether oxygens (including phenoxy) is 2. The zero-order chi connectivity index (χ0) is 12.8. The molecular weight excluding hydrogens is 227 g/mol. The summed E-state index contributed by atoms with van der Waals surface area (Å²) in [7, 11) is 2.76. The van der Waals surface area contributed by atoms with Gasteiger partial charge < -0.3 is 20.5 Å². The molecule has 0 fully saturated rings. The minimum atomic E-state index is -0.739. The Labute approximate surface area is 98.7 Å². The SMILES string of the molecule is COCCNc1cc(C(=O)OC)c(F)cc1N. The average molecular weight is 242 g/mol. The number of nitrogen functional groups attached to an aromatic ring is 1. The van der Waals surface area contributed by atoms with Gasteiger partial charge in [0.15, 0.2) is 0 Å². The van der Waals surface area contributed by atoms with Crippen molar-refractivity contribution in [3.8, 4) is 0 Å². The van der Waals surface area contributed by atoms with Crippen LogP contribution in [0, 0.1) is 5.82 Å². The number of methoxy groups -OCH3 is 2. The van der Waals surface area contributed by atoms with Gasteiger partial charge in [-0.05, 0) is 12.1 Å². The Bertz CT molecular complexity index is 410. The molecule has 1 aromatic carbocycles. The minimum Gasteiger partial charge on any atom is -0.465 e. The second-order valence-electron chi connectivity index (χ2n) is 3.33. The third-order valence-electron chi connectivity index (χ3n) is 2.17. The summed E-state index contributed by atoms with van der Waals surface area (Å²) in [6.07, 6.45) is 0. The molecule has 0 saturated carbocycles. The standard InChI is InChI=1S/C11H15FN2O3/c1-16-4-3-14-10-5-7(11(15)17-2)8(12)6-9(10)13/h5-6,14H,3-4,13H2,1-2H3. The van der Waals surface area contributed by atoms with E-state index in [4.69, 9.17) is 10.5 Å². The van der Waals surface area contributed by atoms with Gasteiger partial charge in [0.2, 0.25) is 0 Å². The largest absolute Gasteiger partial charge is 0.465 e. The van der Waals surface area contributed by atoms with Crippen LogP contribution < -0.4 is 11.1 Å². The molecule has 0 amide bonds. The highest BCUT2D eigenvalue weighted by atomic mass is 19.1. The molecule has 0 spiro atoms. The van der Waals surface area contributed by atoms with Crippen LogP contribution in [0.25, 0.3) is 0 Å². The van der Waals surface area contributed by atoms with E-state index in [1.54, 1.807) is 7.11 Å². The molecule has 0 aromatic heterocycles. The van der Waals surface area contributed by atoms with Gasteiger partial charge in [0.05, 0.1) is 30.7 Å². The second-order valence-corrected chi connectivity index (χ2v) is 3.33. The van der Waals surface area contributed by atoms with Crippen LogP contribution in [0.1, 0.15) is 10.4 Å². The number of nitrogens with one attached hydrogen (secondary N) is 1. The molecule has 94 valence electrons. The Morgan fingerprint density at radius 3 is 2.76 bits per heavy atom. The van der Waals surface area contributed by atoms with Crippen molar-refractivity contribution in [1.29, 1.82) is 0 Å². The molecular formula is C11H15FN2O3. The van der Waals surface area contributed by atoms with Gasteiger partial charge >= 0.3 is 5.97 Å². The van der Waals surface area contributed by atoms with Crippen molar-refractivity contribution in [2.24, 2.45) is 0 Å². The van der Waals surface area contributed by atoms with Crippen molar-refractivity contribution in [2.75, 3.05) is 38.4 Å². The molecule has 0 heterocycles. The van der Waals surface area contributed by atoms with Crippen molar-refractivity contribution >= 4 is 17.3 Å². The lowest BCUT2D eigenvalue weighted by atomic mass is 10.1. The first kappa shape index (κ1) is 13.2. The monoisotopic (exact) mass is 242 g/mol. The van der Waals surface area contributed by atoms with Crippen molar-refractivity contribution in [3.05, 3.63) is 23.5 Å². The second kappa shape index (κ2) is 6.05. The molecule has 0 radical (unpaired) electrons. The van der Waals surface area contributed by atoms with Crippen LogP contribution in [0.3, 0.4) is 0 Å². The van der Waals surface area contributed by atoms with E-state index in [1.807, 2.05) is 0 Å². The zero-order valence-electron chi connectivity index (χ0n) is 9.75. The summed E-state index contributed by atoms with van der Waals surface area (Å²) in [5.41, 5.74) is 6.17. The number of carbonyl (C=O) groups is 1. The first-order chi connectivity index (χ1) is 8.10.